The number of ketones is 1. The molecule has 1 aromatic heterocycles. The SMILES string of the molecule is C=C(C(=O)c1cc2ccc(OC)cc2s1)c1cccc(OC)c1. The first kappa shape index (κ1) is 15.3. The molecule has 0 N–H and O–H groups in total. The number of methoxy groups -OCH3 is 2. The van der Waals surface area contributed by atoms with Gasteiger partial charge in [0.05, 0.1) is 19.1 Å². The average Bonchev–Trinajstić information content (AvgIpc) is 3.03. The molecule has 0 fully saturated rings. The molecule has 23 heavy (non-hydrogen) atoms. The Balaban J connectivity index is 1.94. The Bertz CT molecular complexity index is 893. The van der Waals surface area contributed by atoms with Crippen LogP contribution in [0.2, 0.25) is 0 Å². The molecule has 4 heteroatoms. The zero-order chi connectivity index (χ0) is 16.4. The number of ether oxygens (including phenoxy) is 2. The van der Waals surface area contributed by atoms with Gasteiger partial charge in [0.2, 0.25) is 5.78 Å². The van der Waals surface area contributed by atoms with Crippen molar-refractivity contribution in [1.29, 1.82) is 0 Å². The second-order valence-corrected chi connectivity index (χ2v) is 6.14. The highest BCUT2D eigenvalue weighted by atomic mass is 32.1. The molecular weight excluding hydrogens is 308 g/mol. The third-order valence-electron chi connectivity index (χ3n) is 3.64. The van der Waals surface area contributed by atoms with E-state index >= 15 is 0 Å². The van der Waals surface area contributed by atoms with Gasteiger partial charge in [0, 0.05) is 10.3 Å². The molecule has 3 aromatic rings. The van der Waals surface area contributed by atoms with Crippen molar-refractivity contribution in [3.05, 3.63) is 65.6 Å². The van der Waals surface area contributed by atoms with Gasteiger partial charge in [0.1, 0.15) is 11.5 Å². The minimum atomic E-state index is -0.0709. The van der Waals surface area contributed by atoms with Crippen LogP contribution in [-0.2, 0) is 0 Å². The first-order valence-corrected chi connectivity index (χ1v) is 7.89. The van der Waals surface area contributed by atoms with Crippen LogP contribution in [0.25, 0.3) is 15.7 Å². The lowest BCUT2D eigenvalue weighted by Crippen LogP contribution is -1.99. The summed E-state index contributed by atoms with van der Waals surface area (Å²) in [6.45, 7) is 3.96. The number of allylic oxidation sites excluding steroid dienone is 1. The van der Waals surface area contributed by atoms with Gasteiger partial charge in [0.15, 0.2) is 0 Å². The van der Waals surface area contributed by atoms with Gasteiger partial charge < -0.3 is 9.47 Å². The molecule has 0 amide bonds. The lowest BCUT2D eigenvalue weighted by molar-refractivity contribution is 0.106. The van der Waals surface area contributed by atoms with Crippen LogP contribution in [0.3, 0.4) is 0 Å². The van der Waals surface area contributed by atoms with E-state index in [4.69, 9.17) is 9.47 Å². The third kappa shape index (κ3) is 2.98. The molecule has 0 saturated heterocycles. The first-order chi connectivity index (χ1) is 11.1. The molecule has 3 rings (SSSR count). The van der Waals surface area contributed by atoms with Gasteiger partial charge in [-0.15, -0.1) is 11.3 Å². The Hall–Kier alpha value is -2.59. The Morgan fingerprint density at radius 3 is 2.48 bits per heavy atom. The maximum atomic E-state index is 12.7. The predicted molar refractivity (Wildman–Crippen MR) is 94.7 cm³/mol. The van der Waals surface area contributed by atoms with E-state index in [1.165, 1.54) is 11.3 Å². The fraction of sp³-hybridized carbons (Fsp3) is 0.105. The minimum Gasteiger partial charge on any atom is -0.497 e. The number of rotatable bonds is 5. The highest BCUT2D eigenvalue weighted by molar-refractivity contribution is 7.21. The summed E-state index contributed by atoms with van der Waals surface area (Å²) in [6.07, 6.45) is 0. The van der Waals surface area contributed by atoms with Crippen molar-refractivity contribution in [3.63, 3.8) is 0 Å². The monoisotopic (exact) mass is 324 g/mol. The smallest absolute Gasteiger partial charge is 0.202 e. The Kier molecular flexibility index (Phi) is 4.17. The summed E-state index contributed by atoms with van der Waals surface area (Å²) in [5, 5.41) is 1.03. The molecule has 0 atom stereocenters. The fourth-order valence-electron chi connectivity index (χ4n) is 2.34. The lowest BCUT2D eigenvalue weighted by atomic mass is 10.0. The van der Waals surface area contributed by atoms with Crippen LogP contribution in [0.5, 0.6) is 11.5 Å². The number of fused-ring (bicyclic) bond motifs is 1. The molecule has 116 valence electrons. The van der Waals surface area contributed by atoms with E-state index in [0.717, 1.165) is 21.4 Å². The summed E-state index contributed by atoms with van der Waals surface area (Å²) in [6, 6.07) is 15.0. The van der Waals surface area contributed by atoms with Crippen LogP contribution >= 0.6 is 11.3 Å². The highest BCUT2D eigenvalue weighted by Gasteiger charge is 2.16. The molecule has 0 radical (unpaired) electrons. The second kappa shape index (κ2) is 6.26. The maximum Gasteiger partial charge on any atom is 0.202 e. The van der Waals surface area contributed by atoms with E-state index in [0.29, 0.717) is 16.2 Å². The number of hydrogen-bond donors (Lipinski definition) is 0. The normalized spacial score (nSPS) is 10.5. The van der Waals surface area contributed by atoms with Crippen molar-refractivity contribution in [1.82, 2.24) is 0 Å². The van der Waals surface area contributed by atoms with E-state index in [2.05, 4.69) is 6.58 Å². The van der Waals surface area contributed by atoms with Crippen molar-refractivity contribution in [3.8, 4) is 11.5 Å². The Morgan fingerprint density at radius 1 is 1.00 bits per heavy atom. The van der Waals surface area contributed by atoms with Crippen LogP contribution in [0.15, 0.2) is 55.1 Å². The van der Waals surface area contributed by atoms with Crippen molar-refractivity contribution in [2.24, 2.45) is 0 Å². The molecule has 2 aromatic carbocycles. The summed E-state index contributed by atoms with van der Waals surface area (Å²) < 4.78 is 11.4. The van der Waals surface area contributed by atoms with Crippen LogP contribution in [0, 0.1) is 0 Å². The van der Waals surface area contributed by atoms with Crippen molar-refractivity contribution >= 4 is 32.8 Å². The average molecular weight is 324 g/mol. The summed E-state index contributed by atoms with van der Waals surface area (Å²) >= 11 is 1.45. The predicted octanol–water partition coefficient (Wildman–Crippen LogP) is 4.81. The molecule has 0 aliphatic carbocycles. The molecule has 3 nitrogen and oxygen atoms in total. The molecule has 0 unspecified atom stereocenters. The molecule has 0 aliphatic rings. The second-order valence-electron chi connectivity index (χ2n) is 5.05. The lowest BCUT2D eigenvalue weighted by Gasteiger charge is -2.05. The van der Waals surface area contributed by atoms with Gasteiger partial charge in [-0.05, 0) is 47.3 Å². The standard InChI is InChI=1S/C19H16O3S/c1-12(13-5-4-6-15(9-13)21-2)19(20)18-10-14-7-8-16(22-3)11-17(14)23-18/h4-11H,1H2,2-3H3. The van der Waals surface area contributed by atoms with Crippen LogP contribution in [-0.4, -0.2) is 20.0 Å². The van der Waals surface area contributed by atoms with Crippen LogP contribution < -0.4 is 9.47 Å². The summed E-state index contributed by atoms with van der Waals surface area (Å²) in [5.74, 6) is 1.42. The van der Waals surface area contributed by atoms with E-state index in [9.17, 15) is 4.79 Å². The largest absolute Gasteiger partial charge is 0.497 e. The van der Waals surface area contributed by atoms with E-state index in [1.807, 2.05) is 48.5 Å². The van der Waals surface area contributed by atoms with Gasteiger partial charge in [-0.2, -0.15) is 0 Å². The van der Waals surface area contributed by atoms with Gasteiger partial charge in [-0.3, -0.25) is 4.79 Å². The zero-order valence-electron chi connectivity index (χ0n) is 13.0. The number of carbonyl (C=O) groups is 1. The zero-order valence-corrected chi connectivity index (χ0v) is 13.8. The molecule has 1 heterocycles. The molecule has 0 aliphatic heterocycles. The summed E-state index contributed by atoms with van der Waals surface area (Å²) in [7, 11) is 3.23. The van der Waals surface area contributed by atoms with Gasteiger partial charge in [-0.1, -0.05) is 18.7 Å². The summed E-state index contributed by atoms with van der Waals surface area (Å²) in [5.41, 5.74) is 1.23. The minimum absolute atomic E-state index is 0.0709. The Morgan fingerprint density at radius 2 is 1.74 bits per heavy atom. The van der Waals surface area contributed by atoms with Crippen molar-refractivity contribution < 1.29 is 14.3 Å². The first-order valence-electron chi connectivity index (χ1n) is 7.08. The van der Waals surface area contributed by atoms with Crippen LogP contribution in [0.1, 0.15) is 15.2 Å². The molecule has 0 saturated carbocycles. The topological polar surface area (TPSA) is 35.5 Å². The van der Waals surface area contributed by atoms with E-state index in [1.54, 1.807) is 14.2 Å². The summed E-state index contributed by atoms with van der Waals surface area (Å²) in [4.78, 5) is 13.4. The molecule has 0 bridgehead atoms. The van der Waals surface area contributed by atoms with Gasteiger partial charge >= 0.3 is 0 Å². The number of hydrogen-bond acceptors (Lipinski definition) is 4. The molecular formula is C19H16O3S. The van der Waals surface area contributed by atoms with E-state index in [-0.39, 0.29) is 5.78 Å². The van der Waals surface area contributed by atoms with Crippen molar-refractivity contribution in [2.75, 3.05) is 14.2 Å². The fourth-order valence-corrected chi connectivity index (χ4v) is 3.40. The third-order valence-corrected chi connectivity index (χ3v) is 4.74. The number of carbonyl (C=O) groups excluding carboxylic acids is 1. The van der Waals surface area contributed by atoms with Gasteiger partial charge in [-0.25, -0.2) is 0 Å². The van der Waals surface area contributed by atoms with E-state index < -0.39 is 0 Å². The number of benzene rings is 2. The number of thiophene rings is 1. The maximum absolute atomic E-state index is 12.7. The Labute approximate surface area is 138 Å². The molecule has 0 spiro atoms. The van der Waals surface area contributed by atoms with Crippen molar-refractivity contribution in [2.45, 2.75) is 0 Å². The highest BCUT2D eigenvalue weighted by Crippen LogP contribution is 2.32. The number of Topliss-reactive ketones (excluding diaryl/α,β-unsaturated/α-hetero) is 1. The quantitative estimate of drug-likeness (QED) is 0.499. The van der Waals surface area contributed by atoms with Gasteiger partial charge in [0.25, 0.3) is 0 Å². The van der Waals surface area contributed by atoms with Crippen LogP contribution in [0.4, 0.5) is 0 Å².